The number of carbonyl (C=O) groups excluding carboxylic acids is 3. The molecule has 3 aliphatic rings. The zero-order valence-electron chi connectivity index (χ0n) is 24.9. The highest BCUT2D eigenvalue weighted by molar-refractivity contribution is 5.98. The van der Waals surface area contributed by atoms with Crippen molar-refractivity contribution < 1.29 is 19.1 Å². The molecule has 5 rings (SSSR count). The van der Waals surface area contributed by atoms with E-state index in [0.717, 1.165) is 81.4 Å². The van der Waals surface area contributed by atoms with Gasteiger partial charge in [-0.1, -0.05) is 49.6 Å². The summed E-state index contributed by atoms with van der Waals surface area (Å²) in [5.74, 6) is -0.0355. The van der Waals surface area contributed by atoms with Gasteiger partial charge in [0.15, 0.2) is 0 Å². The van der Waals surface area contributed by atoms with Crippen molar-refractivity contribution in [2.45, 2.75) is 58.8 Å². The molecule has 0 spiro atoms. The number of fused-ring (bicyclic) bond motifs is 1. The van der Waals surface area contributed by atoms with Gasteiger partial charge in [-0.15, -0.1) is 0 Å². The van der Waals surface area contributed by atoms with Gasteiger partial charge in [0, 0.05) is 55.8 Å². The third kappa shape index (κ3) is 6.60. The smallest absolute Gasteiger partial charge is 0.318 e. The lowest BCUT2D eigenvalue weighted by atomic mass is 9.79. The number of anilines is 1. The second kappa shape index (κ2) is 13.1. The van der Waals surface area contributed by atoms with E-state index in [0.29, 0.717) is 18.4 Å². The summed E-state index contributed by atoms with van der Waals surface area (Å²) in [7, 11) is 1.37. The van der Waals surface area contributed by atoms with Crippen LogP contribution in [0.4, 0.5) is 5.69 Å². The average Bonchev–Trinajstić information content (AvgIpc) is 3.56. The Kier molecular flexibility index (Phi) is 9.31. The number of benzene rings is 2. The van der Waals surface area contributed by atoms with Crippen LogP contribution in [0.15, 0.2) is 42.5 Å². The van der Waals surface area contributed by atoms with Crippen LogP contribution in [0, 0.1) is 37.5 Å². The van der Waals surface area contributed by atoms with E-state index >= 15 is 0 Å². The molecule has 2 heterocycles. The van der Waals surface area contributed by atoms with Crippen LogP contribution in [0.3, 0.4) is 0 Å². The van der Waals surface area contributed by atoms with Crippen molar-refractivity contribution in [2.24, 2.45) is 23.7 Å². The molecule has 2 aromatic rings. The summed E-state index contributed by atoms with van der Waals surface area (Å²) in [6.07, 6.45) is 6.83. The number of hydrogen-bond acceptors (Lipinski definition) is 5. The Morgan fingerprint density at radius 1 is 0.927 bits per heavy atom. The Morgan fingerprint density at radius 3 is 2.24 bits per heavy atom. The molecule has 7 nitrogen and oxygen atoms in total. The van der Waals surface area contributed by atoms with Gasteiger partial charge >= 0.3 is 5.97 Å². The molecule has 0 radical (unpaired) electrons. The lowest BCUT2D eigenvalue weighted by molar-refractivity contribution is -0.153. The number of esters is 1. The van der Waals surface area contributed by atoms with Crippen molar-refractivity contribution in [1.82, 2.24) is 10.2 Å². The van der Waals surface area contributed by atoms with Gasteiger partial charge in [0.1, 0.15) is 5.92 Å². The number of likely N-dealkylation sites (tertiary alicyclic amines) is 1. The molecule has 1 saturated carbocycles. The van der Waals surface area contributed by atoms with E-state index in [1.165, 1.54) is 24.8 Å². The van der Waals surface area contributed by atoms with Crippen molar-refractivity contribution in [3.05, 3.63) is 64.7 Å². The quantitative estimate of drug-likeness (QED) is 0.268. The minimum Gasteiger partial charge on any atom is -0.468 e. The van der Waals surface area contributed by atoms with E-state index in [1.54, 1.807) is 0 Å². The molecule has 1 N–H and O–H groups in total. The molecule has 2 saturated heterocycles. The Labute approximate surface area is 244 Å². The SMILES string of the molecule is COC(=O)C(C(=O)NCCCc1cccc(N2CC3CN(C(=O)c4c(C)cccc4C)CC3C2)c1)C1CCCCC1. The van der Waals surface area contributed by atoms with Gasteiger partial charge in [-0.05, 0) is 74.3 Å². The molecule has 0 bridgehead atoms. The summed E-state index contributed by atoms with van der Waals surface area (Å²) >= 11 is 0. The zero-order chi connectivity index (χ0) is 28.9. The van der Waals surface area contributed by atoms with Gasteiger partial charge in [0.25, 0.3) is 5.91 Å². The van der Waals surface area contributed by atoms with E-state index in [1.807, 2.05) is 32.0 Å². The van der Waals surface area contributed by atoms with Crippen molar-refractivity contribution in [3.63, 3.8) is 0 Å². The average molecular weight is 560 g/mol. The molecular formula is C34H45N3O4. The number of aryl methyl sites for hydroxylation is 3. The van der Waals surface area contributed by atoms with Crippen molar-refractivity contribution in [3.8, 4) is 0 Å². The number of amides is 2. The Morgan fingerprint density at radius 2 is 1.59 bits per heavy atom. The van der Waals surface area contributed by atoms with Crippen LogP contribution in [0.2, 0.25) is 0 Å². The highest BCUT2D eigenvalue weighted by Gasteiger charge is 2.42. The highest BCUT2D eigenvalue weighted by atomic mass is 16.5. The molecule has 7 heteroatoms. The van der Waals surface area contributed by atoms with E-state index < -0.39 is 11.9 Å². The number of nitrogens with zero attached hydrogens (tertiary/aromatic N) is 2. The van der Waals surface area contributed by atoms with Crippen LogP contribution in [0.5, 0.6) is 0 Å². The molecular weight excluding hydrogens is 514 g/mol. The van der Waals surface area contributed by atoms with Crippen molar-refractivity contribution in [1.29, 1.82) is 0 Å². The largest absolute Gasteiger partial charge is 0.468 e. The fraction of sp³-hybridized carbons (Fsp3) is 0.559. The molecule has 3 fully saturated rings. The molecule has 0 aromatic heterocycles. The highest BCUT2D eigenvalue weighted by Crippen LogP contribution is 2.35. The summed E-state index contributed by atoms with van der Waals surface area (Å²) in [6, 6.07) is 14.8. The fourth-order valence-corrected chi connectivity index (χ4v) is 7.31. The maximum atomic E-state index is 13.3. The Bertz CT molecular complexity index is 1220. The summed E-state index contributed by atoms with van der Waals surface area (Å²) in [4.78, 5) is 43.1. The number of ether oxygens (including phenoxy) is 1. The van der Waals surface area contributed by atoms with Gasteiger partial charge in [-0.25, -0.2) is 0 Å². The normalized spacial score (nSPS) is 21.4. The molecule has 2 aromatic carbocycles. The first kappa shape index (κ1) is 29.2. The first-order valence-electron chi connectivity index (χ1n) is 15.4. The molecule has 1 aliphatic carbocycles. The lowest BCUT2D eigenvalue weighted by Gasteiger charge is -2.27. The predicted octanol–water partition coefficient (Wildman–Crippen LogP) is 4.93. The van der Waals surface area contributed by atoms with Gasteiger partial charge in [0.05, 0.1) is 7.11 Å². The summed E-state index contributed by atoms with van der Waals surface area (Å²) in [5, 5.41) is 3.01. The van der Waals surface area contributed by atoms with Gasteiger partial charge in [-0.2, -0.15) is 0 Å². The Hall–Kier alpha value is -3.35. The minimum absolute atomic E-state index is 0.0876. The first-order chi connectivity index (χ1) is 19.9. The zero-order valence-corrected chi connectivity index (χ0v) is 24.9. The Balaban J connectivity index is 1.10. The van der Waals surface area contributed by atoms with Crippen LogP contribution in [-0.2, 0) is 20.7 Å². The third-order valence-corrected chi connectivity index (χ3v) is 9.54. The number of methoxy groups -OCH3 is 1. The van der Waals surface area contributed by atoms with E-state index in [-0.39, 0.29) is 17.7 Å². The van der Waals surface area contributed by atoms with Crippen molar-refractivity contribution in [2.75, 3.05) is 44.7 Å². The van der Waals surface area contributed by atoms with Crippen LogP contribution >= 0.6 is 0 Å². The van der Waals surface area contributed by atoms with Crippen LogP contribution in [-0.4, -0.2) is 62.5 Å². The van der Waals surface area contributed by atoms with Crippen LogP contribution in [0.25, 0.3) is 0 Å². The second-order valence-electron chi connectivity index (χ2n) is 12.4. The van der Waals surface area contributed by atoms with Gasteiger partial charge < -0.3 is 19.9 Å². The third-order valence-electron chi connectivity index (χ3n) is 9.54. The fourth-order valence-electron chi connectivity index (χ4n) is 7.31. The summed E-state index contributed by atoms with van der Waals surface area (Å²) in [5.41, 5.74) is 5.45. The summed E-state index contributed by atoms with van der Waals surface area (Å²) in [6.45, 7) is 8.17. The molecule has 3 atom stereocenters. The van der Waals surface area contributed by atoms with E-state index in [2.05, 4.69) is 39.4 Å². The molecule has 2 aliphatic heterocycles. The second-order valence-corrected chi connectivity index (χ2v) is 12.4. The maximum absolute atomic E-state index is 13.3. The first-order valence-corrected chi connectivity index (χ1v) is 15.4. The number of rotatable bonds is 9. The maximum Gasteiger partial charge on any atom is 0.318 e. The topological polar surface area (TPSA) is 79.0 Å². The number of carbonyl (C=O) groups is 3. The van der Waals surface area contributed by atoms with E-state index in [9.17, 15) is 14.4 Å². The monoisotopic (exact) mass is 559 g/mol. The predicted molar refractivity (Wildman–Crippen MR) is 161 cm³/mol. The molecule has 2 amide bonds. The lowest BCUT2D eigenvalue weighted by Crippen LogP contribution is -2.41. The minimum atomic E-state index is -0.690. The van der Waals surface area contributed by atoms with Gasteiger partial charge in [0.2, 0.25) is 5.91 Å². The van der Waals surface area contributed by atoms with Crippen LogP contribution < -0.4 is 10.2 Å². The van der Waals surface area contributed by atoms with Crippen LogP contribution in [0.1, 0.15) is 65.6 Å². The van der Waals surface area contributed by atoms with Gasteiger partial charge in [-0.3, -0.25) is 14.4 Å². The number of nitrogens with one attached hydrogen (secondary N) is 1. The standard InChI is InChI=1S/C34H45N3O4/c1-23-10-7-11-24(2)30(23)33(39)37-21-27-19-36(20-28(27)22-37)29-16-8-12-25(18-29)13-9-17-35-32(38)31(34(40)41-3)26-14-5-4-6-15-26/h7-8,10-12,16,18,26-28,31H,4-6,9,13-15,17,19-22H2,1-3H3,(H,35,38). The van der Waals surface area contributed by atoms with E-state index in [4.69, 9.17) is 4.74 Å². The molecule has 3 unspecified atom stereocenters. The molecule has 220 valence electrons. The number of hydrogen-bond donors (Lipinski definition) is 1. The summed E-state index contributed by atoms with van der Waals surface area (Å²) < 4.78 is 4.97. The molecule has 41 heavy (non-hydrogen) atoms. The van der Waals surface area contributed by atoms with Crippen molar-refractivity contribution >= 4 is 23.5 Å².